The third-order valence-corrected chi connectivity index (χ3v) is 4.89. The summed E-state index contributed by atoms with van der Waals surface area (Å²) in [4.78, 5) is 16.1. The number of hydrogen-bond acceptors (Lipinski definition) is 6. The van der Waals surface area contributed by atoms with Gasteiger partial charge in [-0.05, 0) is 37.0 Å². The summed E-state index contributed by atoms with van der Waals surface area (Å²) in [5.41, 5.74) is 10.2. The summed E-state index contributed by atoms with van der Waals surface area (Å²) in [5, 5.41) is 0. The second-order valence-electron chi connectivity index (χ2n) is 6.86. The normalized spacial score (nSPS) is 24.2. The Balaban J connectivity index is 1.56. The van der Waals surface area contributed by atoms with E-state index < -0.39 is 0 Å². The molecule has 2 fully saturated rings. The molecule has 0 bridgehead atoms. The molecule has 130 valence electrons. The molecule has 1 saturated heterocycles. The lowest BCUT2D eigenvalue weighted by molar-refractivity contribution is 0.201. The molecular weight excluding hydrogens is 314 g/mol. The van der Waals surface area contributed by atoms with Crippen LogP contribution in [-0.4, -0.2) is 42.1 Å². The van der Waals surface area contributed by atoms with E-state index in [1.54, 1.807) is 12.4 Å². The van der Waals surface area contributed by atoms with Gasteiger partial charge in [-0.25, -0.2) is 4.98 Å². The number of nitrogens with zero attached hydrogens (tertiary/aromatic N) is 4. The van der Waals surface area contributed by atoms with Crippen LogP contribution in [0.2, 0.25) is 0 Å². The SMILES string of the molecule is CC1CC(N=CC(=CN)c2cnc3cc(N4CCOC4)ccc3n2)C1. The lowest BCUT2D eigenvalue weighted by Crippen LogP contribution is -2.24. The molecule has 25 heavy (non-hydrogen) atoms. The van der Waals surface area contributed by atoms with Gasteiger partial charge in [-0.2, -0.15) is 0 Å². The van der Waals surface area contributed by atoms with Gasteiger partial charge in [0.15, 0.2) is 0 Å². The van der Waals surface area contributed by atoms with Gasteiger partial charge in [0.25, 0.3) is 0 Å². The summed E-state index contributed by atoms with van der Waals surface area (Å²) in [5.74, 6) is 0.781. The quantitative estimate of drug-likeness (QED) is 0.868. The molecule has 6 nitrogen and oxygen atoms in total. The van der Waals surface area contributed by atoms with Crippen LogP contribution in [-0.2, 0) is 4.74 Å². The van der Waals surface area contributed by atoms with Gasteiger partial charge in [-0.1, -0.05) is 6.92 Å². The van der Waals surface area contributed by atoms with Crippen molar-refractivity contribution in [2.75, 3.05) is 24.8 Å². The molecule has 2 heterocycles. The van der Waals surface area contributed by atoms with Crippen LogP contribution in [0.4, 0.5) is 5.69 Å². The van der Waals surface area contributed by atoms with Crippen LogP contribution < -0.4 is 10.6 Å². The maximum atomic E-state index is 5.79. The molecular formula is C19H23N5O. The van der Waals surface area contributed by atoms with Crippen molar-refractivity contribution in [2.45, 2.75) is 25.8 Å². The van der Waals surface area contributed by atoms with Crippen molar-refractivity contribution in [3.63, 3.8) is 0 Å². The van der Waals surface area contributed by atoms with Gasteiger partial charge in [0.05, 0.1) is 35.6 Å². The van der Waals surface area contributed by atoms with Crippen molar-refractivity contribution >= 4 is 28.5 Å². The highest BCUT2D eigenvalue weighted by atomic mass is 16.5. The highest BCUT2D eigenvalue weighted by Gasteiger charge is 2.24. The van der Waals surface area contributed by atoms with Gasteiger partial charge in [0.1, 0.15) is 6.73 Å². The van der Waals surface area contributed by atoms with Gasteiger partial charge in [0.2, 0.25) is 0 Å². The first-order chi connectivity index (χ1) is 12.2. The van der Waals surface area contributed by atoms with E-state index in [9.17, 15) is 0 Å². The van der Waals surface area contributed by atoms with E-state index in [0.717, 1.165) is 59.9 Å². The number of aliphatic imine (C=N–C) groups is 1. The van der Waals surface area contributed by atoms with E-state index in [2.05, 4.69) is 33.9 Å². The number of ether oxygens (including phenoxy) is 1. The van der Waals surface area contributed by atoms with Crippen LogP contribution in [0, 0.1) is 5.92 Å². The molecule has 2 aliphatic rings. The minimum atomic E-state index is 0.420. The Morgan fingerprint density at radius 3 is 2.96 bits per heavy atom. The Bertz CT molecular complexity index is 820. The number of allylic oxidation sites excluding steroid dienone is 1. The Morgan fingerprint density at radius 1 is 1.36 bits per heavy atom. The van der Waals surface area contributed by atoms with Crippen LogP contribution in [0.1, 0.15) is 25.5 Å². The van der Waals surface area contributed by atoms with Gasteiger partial charge < -0.3 is 15.4 Å². The Labute approximate surface area is 147 Å². The molecule has 0 spiro atoms. The van der Waals surface area contributed by atoms with Crippen molar-refractivity contribution < 1.29 is 4.74 Å². The minimum Gasteiger partial charge on any atom is -0.404 e. The second-order valence-corrected chi connectivity index (χ2v) is 6.86. The van der Waals surface area contributed by atoms with E-state index in [1.165, 1.54) is 0 Å². The highest BCUT2D eigenvalue weighted by Crippen LogP contribution is 2.29. The van der Waals surface area contributed by atoms with Crippen molar-refractivity contribution in [1.82, 2.24) is 9.97 Å². The number of hydrogen-bond donors (Lipinski definition) is 1. The molecule has 2 N–H and O–H groups in total. The van der Waals surface area contributed by atoms with Gasteiger partial charge in [-0.15, -0.1) is 0 Å². The summed E-state index contributed by atoms with van der Waals surface area (Å²) < 4.78 is 5.41. The first-order valence-corrected chi connectivity index (χ1v) is 8.78. The van der Waals surface area contributed by atoms with Crippen LogP contribution in [0.5, 0.6) is 0 Å². The molecule has 2 aromatic rings. The van der Waals surface area contributed by atoms with Gasteiger partial charge in [-0.3, -0.25) is 9.98 Å². The highest BCUT2D eigenvalue weighted by molar-refractivity contribution is 6.09. The molecule has 6 heteroatoms. The molecule has 1 saturated carbocycles. The van der Waals surface area contributed by atoms with Crippen LogP contribution in [0.25, 0.3) is 16.6 Å². The third kappa shape index (κ3) is 3.35. The summed E-state index contributed by atoms with van der Waals surface area (Å²) in [7, 11) is 0. The van der Waals surface area contributed by atoms with Gasteiger partial charge >= 0.3 is 0 Å². The zero-order chi connectivity index (χ0) is 17.2. The lowest BCUT2D eigenvalue weighted by atomic mass is 9.82. The zero-order valence-corrected chi connectivity index (χ0v) is 14.4. The van der Waals surface area contributed by atoms with Crippen LogP contribution in [0.3, 0.4) is 0 Å². The summed E-state index contributed by atoms with van der Waals surface area (Å²) in [6, 6.07) is 6.53. The molecule has 0 radical (unpaired) electrons. The molecule has 0 atom stereocenters. The van der Waals surface area contributed by atoms with E-state index in [4.69, 9.17) is 15.5 Å². The van der Waals surface area contributed by atoms with E-state index in [0.29, 0.717) is 12.8 Å². The molecule has 1 aliphatic carbocycles. The first-order valence-electron chi connectivity index (χ1n) is 8.78. The largest absolute Gasteiger partial charge is 0.404 e. The Hall–Kier alpha value is -2.47. The van der Waals surface area contributed by atoms with E-state index in [-0.39, 0.29) is 0 Å². The number of rotatable bonds is 4. The molecule has 0 amide bonds. The third-order valence-electron chi connectivity index (χ3n) is 4.89. The first kappa shape index (κ1) is 16.0. The number of aromatic nitrogens is 2. The van der Waals surface area contributed by atoms with Crippen molar-refractivity contribution in [1.29, 1.82) is 0 Å². The second kappa shape index (κ2) is 6.80. The van der Waals surface area contributed by atoms with Crippen molar-refractivity contribution in [3.8, 4) is 0 Å². The Morgan fingerprint density at radius 2 is 2.24 bits per heavy atom. The van der Waals surface area contributed by atoms with Gasteiger partial charge in [0, 0.05) is 30.2 Å². The average molecular weight is 337 g/mol. The topological polar surface area (TPSA) is 76.6 Å². The monoisotopic (exact) mass is 337 g/mol. The van der Waals surface area contributed by atoms with Crippen molar-refractivity contribution in [2.24, 2.45) is 16.6 Å². The molecule has 0 unspecified atom stereocenters. The smallest absolute Gasteiger partial charge is 0.119 e. The van der Waals surface area contributed by atoms with E-state index in [1.807, 2.05) is 12.3 Å². The zero-order valence-electron chi connectivity index (χ0n) is 14.4. The number of benzene rings is 1. The predicted octanol–water partition coefficient (Wildman–Crippen LogP) is 2.59. The number of anilines is 1. The summed E-state index contributed by atoms with van der Waals surface area (Å²) in [6.45, 7) is 4.57. The minimum absolute atomic E-state index is 0.420. The lowest BCUT2D eigenvalue weighted by Gasteiger charge is -2.29. The fraction of sp³-hybridized carbons (Fsp3) is 0.421. The van der Waals surface area contributed by atoms with Crippen molar-refractivity contribution in [3.05, 3.63) is 36.3 Å². The molecule has 4 rings (SSSR count). The molecule has 1 aromatic carbocycles. The van der Waals surface area contributed by atoms with Crippen LogP contribution in [0.15, 0.2) is 35.6 Å². The standard InChI is InChI=1S/C19H23N5O/c1-13-6-15(7-13)21-10-14(9-20)19-11-22-18-8-16(2-3-17(18)23-19)24-4-5-25-12-24/h2-3,8-11,13,15H,4-7,12,20H2,1H3. The summed E-state index contributed by atoms with van der Waals surface area (Å²) >= 11 is 0. The number of nitrogens with two attached hydrogens (primary N) is 1. The van der Waals surface area contributed by atoms with Crippen LogP contribution >= 0.6 is 0 Å². The molecule has 1 aliphatic heterocycles. The Kier molecular flexibility index (Phi) is 4.36. The fourth-order valence-corrected chi connectivity index (χ4v) is 3.31. The number of fused-ring (bicyclic) bond motifs is 1. The van der Waals surface area contributed by atoms with E-state index >= 15 is 0 Å². The fourth-order valence-electron chi connectivity index (χ4n) is 3.31. The predicted molar refractivity (Wildman–Crippen MR) is 101 cm³/mol. The molecule has 1 aromatic heterocycles. The maximum absolute atomic E-state index is 5.79. The average Bonchev–Trinajstić information content (AvgIpc) is 3.14. The maximum Gasteiger partial charge on any atom is 0.119 e. The summed E-state index contributed by atoms with van der Waals surface area (Å²) in [6.07, 6.45) is 7.46.